The second-order valence-corrected chi connectivity index (χ2v) is 2.77. The number of carbonyl (C=O) groups is 3. The van der Waals surface area contributed by atoms with E-state index < -0.39 is 0 Å². The Labute approximate surface area is 86.1 Å². The molecule has 1 amide bonds. The maximum absolute atomic E-state index is 9.81. The van der Waals surface area contributed by atoms with Crippen molar-refractivity contribution in [3.63, 3.8) is 0 Å². The van der Waals surface area contributed by atoms with E-state index in [1.807, 2.05) is 6.92 Å². The number of nitrogens with one attached hydrogen (secondary N) is 1. The van der Waals surface area contributed by atoms with Crippen LogP contribution in [0.15, 0.2) is 0 Å². The number of hydrogen-bond donors (Lipinski definition) is 1. The van der Waals surface area contributed by atoms with Crippen molar-refractivity contribution >= 4 is 17.5 Å². The van der Waals surface area contributed by atoms with Crippen molar-refractivity contribution in [1.82, 2.24) is 5.32 Å². The molecule has 0 aliphatic rings. The third kappa shape index (κ3) is 132. The fraction of sp³-hybridized carbons (Fsp3) is 0.700. The van der Waals surface area contributed by atoms with Crippen LogP contribution in [0.1, 0.15) is 41.0 Å². The van der Waals surface area contributed by atoms with Gasteiger partial charge in [0.2, 0.25) is 5.91 Å². The molecule has 0 aromatic heterocycles. The van der Waals surface area contributed by atoms with E-state index in [-0.39, 0.29) is 17.5 Å². The van der Waals surface area contributed by atoms with Gasteiger partial charge in [-0.1, -0.05) is 6.92 Å². The van der Waals surface area contributed by atoms with Gasteiger partial charge in [-0.15, -0.1) is 0 Å². The van der Waals surface area contributed by atoms with Crippen molar-refractivity contribution in [3.8, 4) is 0 Å². The van der Waals surface area contributed by atoms with Crippen LogP contribution < -0.4 is 5.32 Å². The molecule has 0 fully saturated rings. The van der Waals surface area contributed by atoms with Crippen LogP contribution in [0.3, 0.4) is 0 Å². The molecule has 0 saturated heterocycles. The van der Waals surface area contributed by atoms with E-state index in [1.54, 1.807) is 14.0 Å². The summed E-state index contributed by atoms with van der Waals surface area (Å²) in [5.74, 6) is 0.426. The summed E-state index contributed by atoms with van der Waals surface area (Å²) in [5, 5.41) is 2.39. The van der Waals surface area contributed by atoms with Gasteiger partial charge in [0.25, 0.3) is 0 Å². The van der Waals surface area contributed by atoms with Crippen molar-refractivity contribution in [1.29, 1.82) is 0 Å². The third-order valence-corrected chi connectivity index (χ3v) is 0.850. The minimum absolute atomic E-state index is 0.00463. The average molecular weight is 203 g/mol. The molecule has 0 spiro atoms. The van der Waals surface area contributed by atoms with Gasteiger partial charge in [-0.25, -0.2) is 0 Å². The van der Waals surface area contributed by atoms with Crippen LogP contribution in [0.25, 0.3) is 0 Å². The van der Waals surface area contributed by atoms with Gasteiger partial charge < -0.3 is 14.9 Å². The lowest BCUT2D eigenvalue weighted by Gasteiger charge is -1.80. The standard InChI is InChI=1S/C4H8O.C3H7NO.C3H6O/c1-3-4(2)5;1-3(5)4-2;1-3(2)4/h3H2,1-2H3;1-2H3,(H,4,5);1-2H3. The van der Waals surface area contributed by atoms with E-state index in [4.69, 9.17) is 0 Å². The number of amides is 1. The predicted molar refractivity (Wildman–Crippen MR) is 57.1 cm³/mol. The summed E-state index contributed by atoms with van der Waals surface area (Å²) < 4.78 is 0. The minimum atomic E-state index is 0.00463. The van der Waals surface area contributed by atoms with E-state index in [0.717, 1.165) is 0 Å². The van der Waals surface area contributed by atoms with Gasteiger partial charge in [-0.2, -0.15) is 0 Å². The van der Waals surface area contributed by atoms with E-state index in [9.17, 15) is 14.4 Å². The predicted octanol–water partition coefficient (Wildman–Crippen LogP) is 1.33. The Kier molecular flexibility index (Phi) is 19.0. The number of rotatable bonds is 1. The third-order valence-electron chi connectivity index (χ3n) is 0.850. The van der Waals surface area contributed by atoms with Crippen LogP contribution in [0.5, 0.6) is 0 Å². The molecule has 0 aliphatic carbocycles. The quantitative estimate of drug-likeness (QED) is 0.699. The second kappa shape index (κ2) is 14.3. The first kappa shape index (κ1) is 18.6. The maximum Gasteiger partial charge on any atom is 0.216 e. The zero-order valence-electron chi connectivity index (χ0n) is 9.93. The smallest absolute Gasteiger partial charge is 0.216 e. The van der Waals surface area contributed by atoms with Crippen molar-refractivity contribution in [2.24, 2.45) is 0 Å². The number of hydrogen-bond acceptors (Lipinski definition) is 3. The van der Waals surface area contributed by atoms with Crippen LogP contribution in [0.2, 0.25) is 0 Å². The summed E-state index contributed by atoms with van der Waals surface area (Å²) in [5.41, 5.74) is 0. The highest BCUT2D eigenvalue weighted by atomic mass is 16.1. The van der Waals surface area contributed by atoms with Crippen LogP contribution in [-0.2, 0) is 14.4 Å². The minimum Gasteiger partial charge on any atom is -0.359 e. The molecule has 0 radical (unpaired) electrons. The number of Topliss-reactive ketones (excluding diaryl/α,β-unsaturated/α-hetero) is 2. The first-order valence-corrected chi connectivity index (χ1v) is 4.42. The van der Waals surface area contributed by atoms with Crippen LogP contribution in [0.4, 0.5) is 0 Å². The first-order valence-electron chi connectivity index (χ1n) is 4.42. The molecule has 0 aromatic rings. The molecule has 14 heavy (non-hydrogen) atoms. The Morgan fingerprint density at radius 2 is 1.14 bits per heavy atom. The molecule has 0 saturated carbocycles. The van der Waals surface area contributed by atoms with Crippen molar-refractivity contribution < 1.29 is 14.4 Å². The summed E-state index contributed by atoms with van der Waals surface area (Å²) in [4.78, 5) is 29.0. The van der Waals surface area contributed by atoms with Gasteiger partial charge in [0.15, 0.2) is 0 Å². The average Bonchev–Trinajstić information content (AvgIpc) is 2.04. The normalized spacial score (nSPS) is 7.00. The highest BCUT2D eigenvalue weighted by Crippen LogP contribution is 1.71. The summed E-state index contributed by atoms with van der Waals surface area (Å²) >= 11 is 0. The summed E-state index contributed by atoms with van der Waals surface area (Å²) in [6.07, 6.45) is 0.667. The Morgan fingerprint density at radius 1 is 1.00 bits per heavy atom. The lowest BCUT2D eigenvalue weighted by molar-refractivity contribution is -0.118. The summed E-state index contributed by atoms with van der Waals surface area (Å²) in [7, 11) is 1.60. The van der Waals surface area contributed by atoms with E-state index >= 15 is 0 Å². The topological polar surface area (TPSA) is 63.2 Å². The SMILES string of the molecule is CC(C)=O.CCC(C)=O.CNC(C)=O. The Balaban J connectivity index is -0.000000131. The molecule has 0 rings (SSSR count). The van der Waals surface area contributed by atoms with Crippen LogP contribution >= 0.6 is 0 Å². The van der Waals surface area contributed by atoms with Gasteiger partial charge in [0, 0.05) is 20.4 Å². The molecule has 1 N–H and O–H groups in total. The Bertz CT molecular complexity index is 158. The summed E-state index contributed by atoms with van der Waals surface area (Å²) in [6.45, 7) is 7.96. The van der Waals surface area contributed by atoms with Gasteiger partial charge in [-0.3, -0.25) is 4.79 Å². The van der Waals surface area contributed by atoms with Gasteiger partial charge in [0.05, 0.1) is 0 Å². The molecule has 84 valence electrons. The monoisotopic (exact) mass is 203 g/mol. The molecule has 0 atom stereocenters. The summed E-state index contributed by atoms with van der Waals surface area (Å²) in [6, 6.07) is 0. The molecule has 4 nitrogen and oxygen atoms in total. The van der Waals surface area contributed by atoms with Crippen molar-refractivity contribution in [2.75, 3.05) is 7.05 Å². The maximum atomic E-state index is 9.81. The number of ketones is 2. The lowest BCUT2D eigenvalue weighted by Crippen LogP contribution is -2.11. The van der Waals surface area contributed by atoms with Crippen LogP contribution in [-0.4, -0.2) is 24.5 Å². The van der Waals surface area contributed by atoms with Crippen LogP contribution in [0, 0.1) is 0 Å². The molecule has 0 bridgehead atoms. The molecule has 0 aliphatic heterocycles. The largest absolute Gasteiger partial charge is 0.359 e. The zero-order chi connectivity index (χ0) is 12.1. The fourth-order valence-corrected chi connectivity index (χ4v) is 0. The fourth-order valence-electron chi connectivity index (χ4n) is 0. The van der Waals surface area contributed by atoms with Gasteiger partial charge >= 0.3 is 0 Å². The van der Waals surface area contributed by atoms with Gasteiger partial charge in [0.1, 0.15) is 11.6 Å². The van der Waals surface area contributed by atoms with E-state index in [1.165, 1.54) is 20.8 Å². The Hall–Kier alpha value is -1.19. The molecule has 0 heterocycles. The zero-order valence-corrected chi connectivity index (χ0v) is 9.93. The first-order chi connectivity index (χ1) is 6.27. The van der Waals surface area contributed by atoms with Crippen molar-refractivity contribution in [2.45, 2.75) is 41.0 Å². The lowest BCUT2D eigenvalue weighted by atomic mass is 10.4. The molecule has 0 aromatic carbocycles. The second-order valence-electron chi connectivity index (χ2n) is 2.77. The highest BCUT2D eigenvalue weighted by molar-refractivity contribution is 5.74. The highest BCUT2D eigenvalue weighted by Gasteiger charge is 1.76. The molecule has 4 heteroatoms. The van der Waals surface area contributed by atoms with Gasteiger partial charge in [-0.05, 0) is 20.8 Å². The molecule has 0 unspecified atom stereocenters. The molecular weight excluding hydrogens is 182 g/mol. The van der Waals surface area contributed by atoms with E-state index in [2.05, 4.69) is 5.32 Å². The Morgan fingerprint density at radius 3 is 1.14 bits per heavy atom. The van der Waals surface area contributed by atoms with E-state index in [0.29, 0.717) is 6.42 Å². The molecular formula is C10H21NO3. The van der Waals surface area contributed by atoms with Crippen molar-refractivity contribution in [3.05, 3.63) is 0 Å². The number of carbonyl (C=O) groups excluding carboxylic acids is 3.